The van der Waals surface area contributed by atoms with Crippen LogP contribution in [0.3, 0.4) is 0 Å². The molecule has 0 aromatic heterocycles. The zero-order valence-corrected chi connectivity index (χ0v) is 13.2. The van der Waals surface area contributed by atoms with Crippen molar-refractivity contribution in [2.45, 2.75) is 19.6 Å². The van der Waals surface area contributed by atoms with Crippen LogP contribution in [0.1, 0.15) is 24.1 Å². The summed E-state index contributed by atoms with van der Waals surface area (Å²) in [5.41, 5.74) is 7.61. The van der Waals surface area contributed by atoms with Crippen LogP contribution in [0.2, 0.25) is 5.02 Å². The zero-order chi connectivity index (χ0) is 14.7. The van der Waals surface area contributed by atoms with Crippen molar-refractivity contribution in [3.8, 4) is 5.75 Å². The fourth-order valence-corrected chi connectivity index (χ4v) is 2.45. The van der Waals surface area contributed by atoms with Gasteiger partial charge in [0.1, 0.15) is 18.2 Å². The van der Waals surface area contributed by atoms with Gasteiger partial charge in [0.25, 0.3) is 0 Å². The first kappa shape index (κ1) is 15.3. The smallest absolute Gasteiger partial charge is 0.124 e. The average Bonchev–Trinajstić information content (AvgIpc) is 2.38. The normalized spacial score (nSPS) is 12.2. The summed E-state index contributed by atoms with van der Waals surface area (Å²) >= 11 is 9.27. The van der Waals surface area contributed by atoms with E-state index in [2.05, 4.69) is 15.9 Å². The highest BCUT2D eigenvalue weighted by Gasteiger charge is 2.10. The molecule has 0 aliphatic rings. The minimum atomic E-state index is -0.289. The standard InChI is InChI=1S/C15H14BrClFNO/c1-9(19)13-6-11(17)3-5-15(13)20-8-10-2-4-12(18)7-14(10)16/h2-7,9H,8,19H2,1H3. The first-order valence-corrected chi connectivity index (χ1v) is 7.26. The summed E-state index contributed by atoms with van der Waals surface area (Å²) in [4.78, 5) is 0. The van der Waals surface area contributed by atoms with E-state index in [9.17, 15) is 4.39 Å². The second-order valence-corrected chi connectivity index (χ2v) is 5.79. The van der Waals surface area contributed by atoms with Crippen LogP contribution in [0.5, 0.6) is 5.75 Å². The maximum atomic E-state index is 13.0. The van der Waals surface area contributed by atoms with Crippen LogP contribution in [0, 0.1) is 5.82 Å². The van der Waals surface area contributed by atoms with E-state index in [1.54, 1.807) is 24.3 Å². The number of nitrogens with two attached hydrogens (primary N) is 1. The molecule has 2 nitrogen and oxygen atoms in total. The van der Waals surface area contributed by atoms with Crippen molar-refractivity contribution in [2.24, 2.45) is 5.73 Å². The third-order valence-electron chi connectivity index (χ3n) is 2.86. The van der Waals surface area contributed by atoms with E-state index in [-0.39, 0.29) is 11.9 Å². The molecule has 2 rings (SSSR count). The van der Waals surface area contributed by atoms with E-state index in [0.717, 1.165) is 11.1 Å². The van der Waals surface area contributed by atoms with Gasteiger partial charge in [0.15, 0.2) is 0 Å². The number of hydrogen-bond donors (Lipinski definition) is 1. The van der Waals surface area contributed by atoms with Crippen molar-refractivity contribution >= 4 is 27.5 Å². The molecule has 1 atom stereocenters. The topological polar surface area (TPSA) is 35.2 Å². The molecule has 0 saturated heterocycles. The second-order valence-electron chi connectivity index (χ2n) is 4.50. The second kappa shape index (κ2) is 6.57. The van der Waals surface area contributed by atoms with E-state index >= 15 is 0 Å². The molecule has 1 unspecified atom stereocenters. The number of hydrogen-bond acceptors (Lipinski definition) is 2. The van der Waals surface area contributed by atoms with Crippen LogP contribution < -0.4 is 10.5 Å². The highest BCUT2D eigenvalue weighted by Crippen LogP contribution is 2.28. The van der Waals surface area contributed by atoms with Crippen molar-refractivity contribution < 1.29 is 9.13 Å². The molecule has 0 aliphatic carbocycles. The Morgan fingerprint density at radius 3 is 2.70 bits per heavy atom. The lowest BCUT2D eigenvalue weighted by molar-refractivity contribution is 0.300. The van der Waals surface area contributed by atoms with Gasteiger partial charge in [-0.3, -0.25) is 0 Å². The van der Waals surface area contributed by atoms with Gasteiger partial charge in [0, 0.05) is 26.7 Å². The van der Waals surface area contributed by atoms with Crippen LogP contribution in [0.4, 0.5) is 4.39 Å². The molecular formula is C15H14BrClFNO. The van der Waals surface area contributed by atoms with E-state index in [0.29, 0.717) is 21.9 Å². The van der Waals surface area contributed by atoms with Crippen LogP contribution in [0.15, 0.2) is 40.9 Å². The molecule has 0 fully saturated rings. The Morgan fingerprint density at radius 1 is 1.30 bits per heavy atom. The summed E-state index contributed by atoms with van der Waals surface area (Å²) < 4.78 is 19.5. The van der Waals surface area contributed by atoms with Crippen molar-refractivity contribution in [2.75, 3.05) is 0 Å². The van der Waals surface area contributed by atoms with Gasteiger partial charge >= 0.3 is 0 Å². The van der Waals surface area contributed by atoms with E-state index in [1.807, 2.05) is 6.92 Å². The third-order valence-corrected chi connectivity index (χ3v) is 3.83. The number of halogens is 3. The fourth-order valence-electron chi connectivity index (χ4n) is 1.80. The Morgan fingerprint density at radius 2 is 2.05 bits per heavy atom. The SMILES string of the molecule is CC(N)c1cc(Cl)ccc1OCc1ccc(F)cc1Br. The van der Waals surface area contributed by atoms with Crippen LogP contribution in [0.25, 0.3) is 0 Å². The van der Waals surface area contributed by atoms with Crippen molar-refractivity contribution in [1.29, 1.82) is 0 Å². The molecule has 0 saturated carbocycles. The lowest BCUT2D eigenvalue weighted by Crippen LogP contribution is -2.08. The minimum absolute atomic E-state index is 0.180. The first-order chi connectivity index (χ1) is 9.47. The zero-order valence-electron chi connectivity index (χ0n) is 10.9. The lowest BCUT2D eigenvalue weighted by Gasteiger charge is -2.15. The molecule has 0 amide bonds. The van der Waals surface area contributed by atoms with E-state index < -0.39 is 0 Å². The van der Waals surface area contributed by atoms with Gasteiger partial charge in [-0.05, 0) is 37.3 Å². The molecule has 20 heavy (non-hydrogen) atoms. The van der Waals surface area contributed by atoms with Crippen LogP contribution in [-0.4, -0.2) is 0 Å². The summed E-state index contributed by atoms with van der Waals surface area (Å²) in [5.74, 6) is 0.393. The van der Waals surface area contributed by atoms with E-state index in [1.165, 1.54) is 12.1 Å². The molecule has 0 spiro atoms. The number of rotatable bonds is 4. The Labute approximate surface area is 130 Å². The van der Waals surface area contributed by atoms with Crippen molar-refractivity contribution in [1.82, 2.24) is 0 Å². The Kier molecular flexibility index (Phi) is 5.02. The molecule has 5 heteroatoms. The maximum absolute atomic E-state index is 13.0. The van der Waals surface area contributed by atoms with Gasteiger partial charge in [0.2, 0.25) is 0 Å². The highest BCUT2D eigenvalue weighted by atomic mass is 79.9. The molecule has 2 aromatic carbocycles. The van der Waals surface area contributed by atoms with Gasteiger partial charge < -0.3 is 10.5 Å². The predicted octanol–water partition coefficient (Wildman–Crippen LogP) is 4.84. The van der Waals surface area contributed by atoms with Gasteiger partial charge in [-0.15, -0.1) is 0 Å². The summed E-state index contributed by atoms with van der Waals surface area (Å²) in [6.07, 6.45) is 0. The molecular weight excluding hydrogens is 345 g/mol. The largest absolute Gasteiger partial charge is 0.489 e. The Hall–Kier alpha value is -1.10. The van der Waals surface area contributed by atoms with Crippen molar-refractivity contribution in [3.05, 3.63) is 62.8 Å². The predicted molar refractivity (Wildman–Crippen MR) is 82.5 cm³/mol. The summed E-state index contributed by atoms with van der Waals surface area (Å²) in [7, 11) is 0. The summed E-state index contributed by atoms with van der Waals surface area (Å²) in [6, 6.07) is 9.65. The van der Waals surface area contributed by atoms with Gasteiger partial charge in [-0.1, -0.05) is 33.6 Å². The molecule has 106 valence electrons. The molecule has 0 heterocycles. The van der Waals surface area contributed by atoms with Crippen LogP contribution >= 0.6 is 27.5 Å². The number of ether oxygens (including phenoxy) is 1. The van der Waals surface area contributed by atoms with Gasteiger partial charge in [-0.2, -0.15) is 0 Å². The van der Waals surface area contributed by atoms with Gasteiger partial charge in [-0.25, -0.2) is 4.39 Å². The highest BCUT2D eigenvalue weighted by molar-refractivity contribution is 9.10. The third kappa shape index (κ3) is 3.72. The minimum Gasteiger partial charge on any atom is -0.489 e. The molecule has 2 aromatic rings. The van der Waals surface area contributed by atoms with Crippen LogP contribution in [-0.2, 0) is 6.61 Å². The summed E-state index contributed by atoms with van der Waals surface area (Å²) in [6.45, 7) is 2.19. The maximum Gasteiger partial charge on any atom is 0.124 e. The average molecular weight is 359 g/mol. The molecule has 0 radical (unpaired) electrons. The quantitative estimate of drug-likeness (QED) is 0.848. The Balaban J connectivity index is 2.18. The molecule has 0 aliphatic heterocycles. The Bertz CT molecular complexity index is 619. The number of benzene rings is 2. The summed E-state index contributed by atoms with van der Waals surface area (Å²) in [5, 5.41) is 0.618. The molecule has 0 bridgehead atoms. The molecule has 2 N–H and O–H groups in total. The first-order valence-electron chi connectivity index (χ1n) is 6.09. The monoisotopic (exact) mass is 357 g/mol. The van der Waals surface area contributed by atoms with E-state index in [4.69, 9.17) is 22.1 Å². The lowest BCUT2D eigenvalue weighted by atomic mass is 10.1. The fraction of sp³-hybridized carbons (Fsp3) is 0.200. The van der Waals surface area contributed by atoms with Crippen molar-refractivity contribution in [3.63, 3.8) is 0 Å². The van der Waals surface area contributed by atoms with Gasteiger partial charge in [0.05, 0.1) is 0 Å².